The molecule has 4 rings (SSSR count). The normalized spacial score (nSPS) is 13.6. The molecule has 2 aromatic carbocycles. The Morgan fingerprint density at radius 2 is 1.89 bits per heavy atom. The zero-order valence-electron chi connectivity index (χ0n) is 21.3. The minimum Gasteiger partial charge on any atom is -0.374 e. The summed E-state index contributed by atoms with van der Waals surface area (Å²) >= 11 is 0. The van der Waals surface area contributed by atoms with Crippen molar-refractivity contribution in [2.45, 2.75) is 40.8 Å². The van der Waals surface area contributed by atoms with Crippen LogP contribution in [0.3, 0.4) is 0 Å². The van der Waals surface area contributed by atoms with E-state index in [9.17, 15) is 18.7 Å². The Hall–Kier alpha value is -3.84. The molecule has 2 aromatic heterocycles. The van der Waals surface area contributed by atoms with Crippen molar-refractivity contribution in [3.63, 3.8) is 0 Å². The number of rotatable bonds is 6. The van der Waals surface area contributed by atoms with E-state index in [4.69, 9.17) is 4.98 Å². The van der Waals surface area contributed by atoms with Crippen molar-refractivity contribution in [1.29, 1.82) is 0 Å². The quantitative estimate of drug-likeness (QED) is 0.179. The Morgan fingerprint density at radius 1 is 1.19 bits per heavy atom. The van der Waals surface area contributed by atoms with Crippen LogP contribution in [0.15, 0.2) is 66.4 Å². The molecule has 36 heavy (non-hydrogen) atoms. The molecule has 0 aliphatic rings. The molecule has 0 saturated heterocycles. The van der Waals surface area contributed by atoms with Crippen LogP contribution in [0.2, 0.25) is 0 Å². The number of hydrogen-bond donors (Lipinski definition) is 1. The highest BCUT2D eigenvalue weighted by Crippen LogP contribution is 2.39. The standard InChI is InChI=1S/C29H29F2N3O2/c1-15-11-25-27(32-19(5)33(25)7)18(4)26(15)23-10-8-9-22-24(14-34(20(6)35)28(22)23)29(36)21(12-16(2)30)13-17(3)31/h8-14,20,35H,2H2,1,3-7H3/b17-13?,21-12+. The van der Waals surface area contributed by atoms with Gasteiger partial charge >= 0.3 is 0 Å². The van der Waals surface area contributed by atoms with Crippen LogP contribution in [0.1, 0.15) is 47.4 Å². The number of aliphatic hydroxyl groups excluding tert-OH is 1. The van der Waals surface area contributed by atoms with Crippen molar-refractivity contribution >= 4 is 27.7 Å². The summed E-state index contributed by atoms with van der Waals surface area (Å²) in [6, 6.07) is 7.63. The number of allylic oxidation sites excluding steroid dienone is 5. The van der Waals surface area contributed by atoms with Crippen molar-refractivity contribution in [3.05, 3.63) is 88.9 Å². The number of Topliss-reactive ketones (excluding diaryl/α,β-unsaturated/α-hetero) is 1. The number of para-hydroxylation sites is 1. The van der Waals surface area contributed by atoms with Gasteiger partial charge in [-0.1, -0.05) is 24.8 Å². The second-order valence-electron chi connectivity index (χ2n) is 9.17. The van der Waals surface area contributed by atoms with Crippen LogP contribution in [-0.2, 0) is 7.05 Å². The average molecular weight is 490 g/mol. The smallest absolute Gasteiger partial charge is 0.195 e. The van der Waals surface area contributed by atoms with Gasteiger partial charge in [0.05, 0.1) is 22.4 Å². The molecular formula is C29H29F2N3O2. The van der Waals surface area contributed by atoms with Crippen LogP contribution in [0.25, 0.3) is 33.1 Å². The summed E-state index contributed by atoms with van der Waals surface area (Å²) in [5.41, 5.74) is 6.39. The van der Waals surface area contributed by atoms with Gasteiger partial charge in [-0.25, -0.2) is 13.8 Å². The Bertz CT molecular complexity index is 1610. The van der Waals surface area contributed by atoms with E-state index in [1.54, 1.807) is 17.6 Å². The third kappa shape index (κ3) is 4.20. The number of ketones is 1. The molecule has 1 unspecified atom stereocenters. The zero-order chi connectivity index (χ0) is 26.5. The fraction of sp³-hybridized carbons (Fsp3) is 0.241. The summed E-state index contributed by atoms with van der Waals surface area (Å²) < 4.78 is 31.0. The van der Waals surface area contributed by atoms with Crippen molar-refractivity contribution in [2.75, 3.05) is 0 Å². The van der Waals surface area contributed by atoms with Crippen LogP contribution < -0.4 is 0 Å². The monoisotopic (exact) mass is 489 g/mol. The van der Waals surface area contributed by atoms with Crippen LogP contribution in [0, 0.1) is 20.8 Å². The lowest BCUT2D eigenvalue weighted by Crippen LogP contribution is -2.04. The Labute approximate surface area is 208 Å². The van der Waals surface area contributed by atoms with Crippen molar-refractivity contribution in [1.82, 2.24) is 14.1 Å². The Kier molecular flexibility index (Phi) is 6.54. The number of carbonyl (C=O) groups is 1. The molecule has 0 aliphatic heterocycles. The summed E-state index contributed by atoms with van der Waals surface area (Å²) in [6.07, 6.45) is 2.46. The number of hydrogen-bond acceptors (Lipinski definition) is 3. The molecule has 2 heterocycles. The third-order valence-corrected chi connectivity index (χ3v) is 6.54. The van der Waals surface area contributed by atoms with Crippen molar-refractivity contribution < 1.29 is 18.7 Å². The first-order valence-corrected chi connectivity index (χ1v) is 11.6. The second kappa shape index (κ2) is 9.32. The van der Waals surface area contributed by atoms with E-state index in [0.717, 1.165) is 51.3 Å². The molecule has 0 amide bonds. The van der Waals surface area contributed by atoms with Gasteiger partial charge in [0.25, 0.3) is 0 Å². The lowest BCUT2D eigenvalue weighted by atomic mass is 9.92. The number of aromatic nitrogens is 3. The summed E-state index contributed by atoms with van der Waals surface area (Å²) in [6.45, 7) is 11.9. The lowest BCUT2D eigenvalue weighted by Gasteiger charge is -2.16. The van der Waals surface area contributed by atoms with E-state index in [2.05, 4.69) is 12.6 Å². The first kappa shape index (κ1) is 25.3. The maximum Gasteiger partial charge on any atom is 0.195 e. The highest BCUT2D eigenvalue weighted by atomic mass is 19.1. The number of fused-ring (bicyclic) bond motifs is 2. The second-order valence-corrected chi connectivity index (χ2v) is 9.17. The number of benzene rings is 2. The van der Waals surface area contributed by atoms with Gasteiger partial charge in [-0.15, -0.1) is 0 Å². The van der Waals surface area contributed by atoms with E-state index in [0.29, 0.717) is 10.9 Å². The number of halogens is 2. The maximum absolute atomic E-state index is 13.7. The van der Waals surface area contributed by atoms with E-state index in [1.165, 1.54) is 13.1 Å². The molecule has 1 atom stereocenters. The van der Waals surface area contributed by atoms with Gasteiger partial charge in [-0.05, 0) is 69.5 Å². The number of aliphatic hydroxyl groups is 1. The minimum absolute atomic E-state index is 0.171. The largest absolute Gasteiger partial charge is 0.374 e. The number of aryl methyl sites for hydroxylation is 4. The van der Waals surface area contributed by atoms with Crippen LogP contribution in [-0.4, -0.2) is 25.0 Å². The number of carbonyl (C=O) groups excluding carboxylic acids is 1. The van der Waals surface area contributed by atoms with Gasteiger partial charge in [0.2, 0.25) is 0 Å². The summed E-state index contributed by atoms with van der Waals surface area (Å²) in [5, 5.41) is 11.2. The highest BCUT2D eigenvalue weighted by molar-refractivity contribution is 6.19. The molecule has 4 aromatic rings. The van der Waals surface area contributed by atoms with Gasteiger partial charge in [-0.2, -0.15) is 0 Å². The first-order valence-electron chi connectivity index (χ1n) is 11.6. The lowest BCUT2D eigenvalue weighted by molar-refractivity contribution is 0.103. The number of nitrogens with zero attached hydrogens (tertiary/aromatic N) is 3. The van der Waals surface area contributed by atoms with E-state index >= 15 is 0 Å². The predicted octanol–water partition coefficient (Wildman–Crippen LogP) is 7.10. The molecule has 0 radical (unpaired) electrons. The fourth-order valence-corrected chi connectivity index (χ4v) is 4.88. The summed E-state index contributed by atoms with van der Waals surface area (Å²) in [5.74, 6) is -1.17. The van der Waals surface area contributed by atoms with Crippen LogP contribution >= 0.6 is 0 Å². The SMILES string of the molecule is C=C(F)/C=C(\C=C(C)F)C(=O)c1cn(C(C)O)c2c(-c3c(C)cc4c(nc(C)n4C)c3C)cccc12. The topological polar surface area (TPSA) is 60.1 Å². The maximum atomic E-state index is 13.7. The summed E-state index contributed by atoms with van der Waals surface area (Å²) in [7, 11) is 1.98. The molecule has 0 aliphatic carbocycles. The number of imidazole rings is 1. The van der Waals surface area contributed by atoms with Gasteiger partial charge in [0, 0.05) is 35.3 Å². The fourth-order valence-electron chi connectivity index (χ4n) is 4.88. The molecule has 0 spiro atoms. The van der Waals surface area contributed by atoms with Crippen molar-refractivity contribution in [2.24, 2.45) is 7.05 Å². The van der Waals surface area contributed by atoms with Gasteiger partial charge < -0.3 is 14.2 Å². The molecular weight excluding hydrogens is 460 g/mol. The first-order chi connectivity index (χ1) is 16.9. The van der Waals surface area contributed by atoms with Gasteiger partial charge in [0.1, 0.15) is 17.9 Å². The van der Waals surface area contributed by atoms with E-state index in [-0.39, 0.29) is 11.1 Å². The Balaban J connectivity index is 2.05. The third-order valence-electron chi connectivity index (χ3n) is 6.54. The zero-order valence-corrected chi connectivity index (χ0v) is 21.3. The Morgan fingerprint density at radius 3 is 2.50 bits per heavy atom. The molecule has 186 valence electrons. The highest BCUT2D eigenvalue weighted by Gasteiger charge is 2.24. The minimum atomic E-state index is -0.960. The molecule has 5 nitrogen and oxygen atoms in total. The van der Waals surface area contributed by atoms with Crippen molar-refractivity contribution in [3.8, 4) is 11.1 Å². The van der Waals surface area contributed by atoms with E-state index in [1.807, 2.05) is 44.5 Å². The van der Waals surface area contributed by atoms with Crippen LogP contribution in [0.4, 0.5) is 8.78 Å². The van der Waals surface area contributed by atoms with Gasteiger partial charge in [-0.3, -0.25) is 4.79 Å². The van der Waals surface area contributed by atoms with Gasteiger partial charge in [0.15, 0.2) is 5.78 Å². The van der Waals surface area contributed by atoms with E-state index < -0.39 is 23.7 Å². The predicted molar refractivity (Wildman–Crippen MR) is 140 cm³/mol. The van der Waals surface area contributed by atoms with Crippen LogP contribution in [0.5, 0.6) is 0 Å². The molecule has 1 N–H and O–H groups in total. The summed E-state index contributed by atoms with van der Waals surface area (Å²) in [4.78, 5) is 18.2. The average Bonchev–Trinajstić information content (AvgIpc) is 3.31. The molecule has 0 saturated carbocycles. The molecule has 0 fully saturated rings. The molecule has 0 bridgehead atoms. The molecule has 7 heteroatoms.